The summed E-state index contributed by atoms with van der Waals surface area (Å²) >= 11 is 0. The van der Waals surface area contributed by atoms with Gasteiger partial charge in [-0.15, -0.1) is 0 Å². The van der Waals surface area contributed by atoms with Crippen LogP contribution < -0.4 is 0 Å². The van der Waals surface area contributed by atoms with Gasteiger partial charge < -0.3 is 5.11 Å². The zero-order chi connectivity index (χ0) is 12.3. The van der Waals surface area contributed by atoms with Crippen molar-refractivity contribution in [1.29, 1.82) is 0 Å². The minimum absolute atomic E-state index is 0.278. The van der Waals surface area contributed by atoms with Gasteiger partial charge in [0.05, 0.1) is 0 Å². The number of hydrogen-bond donors (Lipinski definition) is 1. The molecule has 0 saturated heterocycles. The number of aliphatic carboxylic acids is 1. The van der Waals surface area contributed by atoms with Crippen molar-refractivity contribution in [2.75, 3.05) is 0 Å². The first-order valence-corrected chi connectivity index (χ1v) is 6.20. The smallest absolute Gasteiger partial charge is 0.303 e. The van der Waals surface area contributed by atoms with E-state index in [9.17, 15) is 4.79 Å². The number of hydrogen-bond acceptors (Lipinski definition) is 1. The van der Waals surface area contributed by atoms with Gasteiger partial charge >= 0.3 is 5.97 Å². The molecule has 1 rings (SSSR count). The second-order valence-corrected chi connectivity index (χ2v) is 6.12. The van der Waals surface area contributed by atoms with Crippen LogP contribution in [-0.2, 0) is 4.79 Å². The van der Waals surface area contributed by atoms with Gasteiger partial charge in [-0.1, -0.05) is 32.9 Å². The number of allylic oxidation sites excluding steroid dienone is 1. The first kappa shape index (κ1) is 13.3. The standard InChI is InChI=1S/C14H24O2/c1-10-5-7-12(14(2,3)4)9-11(10)6-8-13(15)16/h11-12H,1,5-9H2,2-4H3,(H,15,16). The minimum atomic E-state index is -0.689. The van der Waals surface area contributed by atoms with E-state index in [-0.39, 0.29) is 6.42 Å². The van der Waals surface area contributed by atoms with Crippen molar-refractivity contribution in [3.8, 4) is 0 Å². The molecule has 0 aromatic carbocycles. The maximum absolute atomic E-state index is 10.6. The molecule has 0 aliphatic heterocycles. The van der Waals surface area contributed by atoms with E-state index in [2.05, 4.69) is 27.4 Å². The highest BCUT2D eigenvalue weighted by atomic mass is 16.4. The van der Waals surface area contributed by atoms with Crippen molar-refractivity contribution >= 4 is 5.97 Å². The van der Waals surface area contributed by atoms with E-state index in [4.69, 9.17) is 5.11 Å². The van der Waals surface area contributed by atoms with Crippen LogP contribution in [0, 0.1) is 17.3 Å². The molecule has 2 atom stereocenters. The van der Waals surface area contributed by atoms with E-state index in [0.29, 0.717) is 17.3 Å². The third-order valence-electron chi connectivity index (χ3n) is 3.89. The number of carboxylic acids is 1. The van der Waals surface area contributed by atoms with E-state index < -0.39 is 5.97 Å². The average molecular weight is 224 g/mol. The molecule has 0 spiro atoms. The average Bonchev–Trinajstić information content (AvgIpc) is 2.14. The van der Waals surface area contributed by atoms with Gasteiger partial charge in [0.15, 0.2) is 0 Å². The van der Waals surface area contributed by atoms with E-state index >= 15 is 0 Å². The Bertz CT molecular complexity index is 273. The Morgan fingerprint density at radius 2 is 2.12 bits per heavy atom. The first-order valence-electron chi connectivity index (χ1n) is 6.20. The fourth-order valence-corrected chi connectivity index (χ4v) is 2.60. The highest BCUT2D eigenvalue weighted by Gasteiger charge is 2.32. The molecule has 0 aromatic rings. The molecule has 2 nitrogen and oxygen atoms in total. The topological polar surface area (TPSA) is 37.3 Å². The Labute approximate surface area is 98.7 Å². The summed E-state index contributed by atoms with van der Waals surface area (Å²) in [5.74, 6) is 0.441. The molecule has 16 heavy (non-hydrogen) atoms. The van der Waals surface area contributed by atoms with Gasteiger partial charge in [0.2, 0.25) is 0 Å². The zero-order valence-corrected chi connectivity index (χ0v) is 10.8. The van der Waals surface area contributed by atoms with E-state index in [1.807, 2.05) is 0 Å². The van der Waals surface area contributed by atoms with Gasteiger partial charge in [-0.05, 0) is 42.9 Å². The summed E-state index contributed by atoms with van der Waals surface area (Å²) in [6.07, 6.45) is 4.45. The molecule has 1 N–H and O–H groups in total. The van der Waals surface area contributed by atoms with Crippen LogP contribution in [0.25, 0.3) is 0 Å². The summed E-state index contributed by atoms with van der Waals surface area (Å²) in [6.45, 7) is 10.9. The molecule has 0 radical (unpaired) electrons. The van der Waals surface area contributed by atoms with Gasteiger partial charge in [-0.3, -0.25) is 4.79 Å². The van der Waals surface area contributed by atoms with Crippen LogP contribution >= 0.6 is 0 Å². The Balaban J connectivity index is 2.55. The highest BCUT2D eigenvalue weighted by molar-refractivity contribution is 5.66. The van der Waals surface area contributed by atoms with Gasteiger partial charge in [0, 0.05) is 6.42 Å². The lowest BCUT2D eigenvalue weighted by Gasteiger charge is -2.38. The molecule has 0 heterocycles. The predicted molar refractivity (Wildman–Crippen MR) is 66.3 cm³/mol. The summed E-state index contributed by atoms with van der Waals surface area (Å²) in [5, 5.41) is 8.73. The summed E-state index contributed by atoms with van der Waals surface area (Å²) in [7, 11) is 0. The maximum atomic E-state index is 10.6. The minimum Gasteiger partial charge on any atom is -0.481 e. The molecule has 0 bridgehead atoms. The SMILES string of the molecule is C=C1CCC(C(C)(C)C)CC1CCC(=O)O. The first-order chi connectivity index (χ1) is 7.30. The van der Waals surface area contributed by atoms with Crippen molar-refractivity contribution in [3.63, 3.8) is 0 Å². The van der Waals surface area contributed by atoms with Crippen LogP contribution in [0.4, 0.5) is 0 Å². The van der Waals surface area contributed by atoms with Crippen LogP contribution in [0.2, 0.25) is 0 Å². The third-order valence-corrected chi connectivity index (χ3v) is 3.89. The lowest BCUT2D eigenvalue weighted by Crippen LogP contribution is -2.28. The molecule has 0 amide bonds. The van der Waals surface area contributed by atoms with Gasteiger partial charge in [-0.2, -0.15) is 0 Å². The van der Waals surface area contributed by atoms with Crippen LogP contribution in [0.5, 0.6) is 0 Å². The molecule has 2 heteroatoms. The molecule has 0 aromatic heterocycles. The molecular formula is C14H24O2. The highest BCUT2D eigenvalue weighted by Crippen LogP contribution is 2.43. The quantitative estimate of drug-likeness (QED) is 0.739. The number of carbonyl (C=O) groups is 1. The molecule has 1 saturated carbocycles. The molecule has 1 aliphatic carbocycles. The normalized spacial score (nSPS) is 26.8. The lowest BCUT2D eigenvalue weighted by molar-refractivity contribution is -0.137. The van der Waals surface area contributed by atoms with Crippen molar-refractivity contribution in [3.05, 3.63) is 12.2 Å². The van der Waals surface area contributed by atoms with E-state index in [1.54, 1.807) is 0 Å². The monoisotopic (exact) mass is 224 g/mol. The van der Waals surface area contributed by atoms with Gasteiger partial charge in [0.25, 0.3) is 0 Å². The summed E-state index contributed by atoms with van der Waals surface area (Å²) < 4.78 is 0. The van der Waals surface area contributed by atoms with Crippen LogP contribution in [-0.4, -0.2) is 11.1 Å². The largest absolute Gasteiger partial charge is 0.481 e. The fraction of sp³-hybridized carbons (Fsp3) is 0.786. The zero-order valence-electron chi connectivity index (χ0n) is 10.8. The molecule has 1 fully saturated rings. The summed E-state index contributed by atoms with van der Waals surface area (Å²) in [4.78, 5) is 10.6. The fourth-order valence-electron chi connectivity index (χ4n) is 2.60. The predicted octanol–water partition coefficient (Wildman–Crippen LogP) is 3.87. The number of rotatable bonds is 3. The van der Waals surface area contributed by atoms with Gasteiger partial charge in [0.1, 0.15) is 0 Å². The van der Waals surface area contributed by atoms with Crippen molar-refractivity contribution in [2.24, 2.45) is 17.3 Å². The van der Waals surface area contributed by atoms with Crippen molar-refractivity contribution in [1.82, 2.24) is 0 Å². The number of carboxylic acid groups (broad SMARTS) is 1. The molecular weight excluding hydrogens is 200 g/mol. The molecule has 1 aliphatic rings. The molecule has 2 unspecified atom stereocenters. The van der Waals surface area contributed by atoms with E-state index in [0.717, 1.165) is 19.3 Å². The van der Waals surface area contributed by atoms with Crippen molar-refractivity contribution in [2.45, 2.75) is 52.9 Å². The summed E-state index contributed by atoms with van der Waals surface area (Å²) in [6, 6.07) is 0. The Kier molecular flexibility index (Phi) is 4.17. The van der Waals surface area contributed by atoms with E-state index in [1.165, 1.54) is 12.0 Å². The van der Waals surface area contributed by atoms with Crippen LogP contribution in [0.15, 0.2) is 12.2 Å². The Morgan fingerprint density at radius 1 is 1.50 bits per heavy atom. The third kappa shape index (κ3) is 3.66. The van der Waals surface area contributed by atoms with Crippen molar-refractivity contribution < 1.29 is 9.90 Å². The Hall–Kier alpha value is -0.790. The van der Waals surface area contributed by atoms with Crippen LogP contribution in [0.3, 0.4) is 0 Å². The second kappa shape index (κ2) is 5.03. The molecule has 92 valence electrons. The summed E-state index contributed by atoms with van der Waals surface area (Å²) in [5.41, 5.74) is 1.60. The van der Waals surface area contributed by atoms with Crippen LogP contribution in [0.1, 0.15) is 52.9 Å². The lowest BCUT2D eigenvalue weighted by atomic mass is 9.67. The second-order valence-electron chi connectivity index (χ2n) is 6.12. The Morgan fingerprint density at radius 3 is 2.62 bits per heavy atom. The maximum Gasteiger partial charge on any atom is 0.303 e. The van der Waals surface area contributed by atoms with Gasteiger partial charge in [-0.25, -0.2) is 0 Å².